The van der Waals surface area contributed by atoms with Crippen molar-refractivity contribution in [3.63, 3.8) is 0 Å². The Morgan fingerprint density at radius 3 is 3.12 bits per heavy atom. The first kappa shape index (κ1) is 18.8. The number of piperidine rings is 1. The lowest BCUT2D eigenvalue weighted by Crippen LogP contribution is -2.43. The fourth-order valence-electron chi connectivity index (χ4n) is 2.82. The van der Waals surface area contributed by atoms with Gasteiger partial charge in [-0.25, -0.2) is 4.68 Å². The summed E-state index contributed by atoms with van der Waals surface area (Å²) in [6.45, 7) is 3.86. The van der Waals surface area contributed by atoms with E-state index in [1.807, 2.05) is 17.5 Å². The predicted octanol–water partition coefficient (Wildman–Crippen LogP) is 1.68. The zero-order valence-corrected chi connectivity index (χ0v) is 16.2. The summed E-state index contributed by atoms with van der Waals surface area (Å²) >= 11 is 2.96. The molecule has 2 aromatic heterocycles. The predicted molar refractivity (Wildman–Crippen MR) is 97.9 cm³/mol. The molecular formula is C16H21N5O3S2. The molecule has 3 heterocycles. The largest absolute Gasteiger partial charge is 0.466 e. The minimum absolute atomic E-state index is 0.00493. The molecule has 8 nitrogen and oxygen atoms in total. The molecule has 0 bridgehead atoms. The smallest absolute Gasteiger partial charge is 0.310 e. The van der Waals surface area contributed by atoms with Crippen molar-refractivity contribution in [3.8, 4) is 0 Å². The van der Waals surface area contributed by atoms with E-state index >= 15 is 0 Å². The van der Waals surface area contributed by atoms with Gasteiger partial charge in [-0.3, -0.25) is 9.59 Å². The lowest BCUT2D eigenvalue weighted by Gasteiger charge is -2.31. The van der Waals surface area contributed by atoms with E-state index in [0.717, 1.165) is 17.7 Å². The van der Waals surface area contributed by atoms with E-state index in [4.69, 9.17) is 4.74 Å². The SMILES string of the molecule is CCOC(=O)C1CCCN(C(=O)CSc2nnnn2Cc2cccs2)C1. The third kappa shape index (κ3) is 4.82. The van der Waals surface area contributed by atoms with Crippen LogP contribution in [0.15, 0.2) is 22.7 Å². The highest BCUT2D eigenvalue weighted by molar-refractivity contribution is 7.99. The number of esters is 1. The van der Waals surface area contributed by atoms with Crippen molar-refractivity contribution in [2.75, 3.05) is 25.4 Å². The minimum Gasteiger partial charge on any atom is -0.466 e. The van der Waals surface area contributed by atoms with Crippen molar-refractivity contribution in [2.24, 2.45) is 5.92 Å². The summed E-state index contributed by atoms with van der Waals surface area (Å²) in [5, 5.41) is 14.3. The van der Waals surface area contributed by atoms with Gasteiger partial charge in [0.15, 0.2) is 0 Å². The topological polar surface area (TPSA) is 90.2 Å². The molecule has 1 saturated heterocycles. The molecule has 26 heavy (non-hydrogen) atoms. The highest BCUT2D eigenvalue weighted by Crippen LogP contribution is 2.21. The maximum Gasteiger partial charge on any atom is 0.310 e. The van der Waals surface area contributed by atoms with Gasteiger partial charge in [-0.15, -0.1) is 16.4 Å². The quantitative estimate of drug-likeness (QED) is 0.520. The monoisotopic (exact) mass is 395 g/mol. The van der Waals surface area contributed by atoms with Crippen LogP contribution in [0.3, 0.4) is 0 Å². The second-order valence-electron chi connectivity index (χ2n) is 5.92. The zero-order chi connectivity index (χ0) is 18.4. The Morgan fingerprint density at radius 2 is 2.35 bits per heavy atom. The van der Waals surface area contributed by atoms with E-state index in [0.29, 0.717) is 31.4 Å². The number of carbonyl (C=O) groups is 2. The average molecular weight is 396 g/mol. The maximum atomic E-state index is 12.5. The third-order valence-corrected chi connectivity index (χ3v) is 5.91. The van der Waals surface area contributed by atoms with Gasteiger partial charge in [0, 0.05) is 18.0 Å². The van der Waals surface area contributed by atoms with E-state index in [-0.39, 0.29) is 23.5 Å². The van der Waals surface area contributed by atoms with Crippen LogP contribution in [-0.4, -0.2) is 62.4 Å². The van der Waals surface area contributed by atoms with Gasteiger partial charge in [0.25, 0.3) is 0 Å². The van der Waals surface area contributed by atoms with Crippen molar-refractivity contribution in [1.82, 2.24) is 25.1 Å². The second-order valence-corrected chi connectivity index (χ2v) is 7.89. The second kappa shape index (κ2) is 9.13. The molecule has 0 saturated carbocycles. The summed E-state index contributed by atoms with van der Waals surface area (Å²) in [5.74, 6) is -0.186. The number of hydrogen-bond acceptors (Lipinski definition) is 8. The van der Waals surface area contributed by atoms with Gasteiger partial charge in [-0.1, -0.05) is 17.8 Å². The van der Waals surface area contributed by atoms with Gasteiger partial charge in [0.1, 0.15) is 0 Å². The molecule has 1 atom stereocenters. The van der Waals surface area contributed by atoms with Gasteiger partial charge in [-0.2, -0.15) is 0 Å². The van der Waals surface area contributed by atoms with Gasteiger partial charge < -0.3 is 9.64 Å². The molecule has 3 rings (SSSR count). The summed E-state index contributed by atoms with van der Waals surface area (Å²) in [7, 11) is 0. The van der Waals surface area contributed by atoms with Gasteiger partial charge >= 0.3 is 5.97 Å². The molecule has 0 N–H and O–H groups in total. The summed E-state index contributed by atoms with van der Waals surface area (Å²) in [6.07, 6.45) is 1.59. The van der Waals surface area contributed by atoms with Crippen LogP contribution >= 0.6 is 23.1 Å². The van der Waals surface area contributed by atoms with E-state index < -0.39 is 0 Å². The normalized spacial score (nSPS) is 17.3. The summed E-state index contributed by atoms with van der Waals surface area (Å²) < 4.78 is 6.78. The lowest BCUT2D eigenvalue weighted by atomic mass is 9.98. The van der Waals surface area contributed by atoms with Crippen LogP contribution in [0.25, 0.3) is 0 Å². The Hall–Kier alpha value is -1.94. The Bertz CT molecular complexity index is 734. The Labute approximate surface area is 159 Å². The average Bonchev–Trinajstić information content (AvgIpc) is 3.32. The number of aromatic nitrogens is 4. The van der Waals surface area contributed by atoms with Crippen molar-refractivity contribution >= 4 is 35.0 Å². The third-order valence-electron chi connectivity index (χ3n) is 4.10. The summed E-state index contributed by atoms with van der Waals surface area (Å²) in [4.78, 5) is 27.3. The molecule has 2 aromatic rings. The van der Waals surface area contributed by atoms with Crippen LogP contribution in [0.1, 0.15) is 24.6 Å². The first-order chi connectivity index (χ1) is 12.7. The van der Waals surface area contributed by atoms with Gasteiger partial charge in [0.2, 0.25) is 11.1 Å². The number of nitrogens with zero attached hydrogens (tertiary/aromatic N) is 5. The molecule has 1 aliphatic rings. The number of hydrogen-bond donors (Lipinski definition) is 0. The highest BCUT2D eigenvalue weighted by atomic mass is 32.2. The number of ether oxygens (including phenoxy) is 1. The Balaban J connectivity index is 1.52. The molecule has 0 radical (unpaired) electrons. The molecule has 0 spiro atoms. The molecule has 1 unspecified atom stereocenters. The fraction of sp³-hybridized carbons (Fsp3) is 0.562. The molecule has 0 aromatic carbocycles. The number of thioether (sulfide) groups is 1. The summed E-state index contributed by atoms with van der Waals surface area (Å²) in [5.41, 5.74) is 0. The van der Waals surface area contributed by atoms with Gasteiger partial charge in [-0.05, 0) is 41.6 Å². The van der Waals surface area contributed by atoms with E-state index in [1.165, 1.54) is 11.8 Å². The molecule has 140 valence electrons. The molecule has 1 amide bonds. The molecule has 1 aliphatic heterocycles. The van der Waals surface area contributed by atoms with Crippen LogP contribution in [0.4, 0.5) is 0 Å². The number of tetrazole rings is 1. The molecule has 10 heteroatoms. The van der Waals surface area contributed by atoms with Crippen LogP contribution in [-0.2, 0) is 20.9 Å². The zero-order valence-electron chi connectivity index (χ0n) is 14.5. The first-order valence-corrected chi connectivity index (χ1v) is 10.4. The van der Waals surface area contributed by atoms with E-state index in [9.17, 15) is 9.59 Å². The van der Waals surface area contributed by atoms with Crippen LogP contribution in [0.2, 0.25) is 0 Å². The number of rotatable bonds is 7. The minimum atomic E-state index is -0.221. The van der Waals surface area contributed by atoms with E-state index in [2.05, 4.69) is 15.5 Å². The van der Waals surface area contributed by atoms with Crippen molar-refractivity contribution in [2.45, 2.75) is 31.5 Å². The van der Waals surface area contributed by atoms with Gasteiger partial charge in [0.05, 0.1) is 24.8 Å². The van der Waals surface area contributed by atoms with Crippen molar-refractivity contribution in [3.05, 3.63) is 22.4 Å². The standard InChI is InChI=1S/C16H21N5O3S2/c1-2-24-15(23)12-5-3-7-20(9-12)14(22)11-26-16-17-18-19-21(16)10-13-6-4-8-25-13/h4,6,8,12H,2-3,5,7,9-11H2,1H3. The fourth-order valence-corrected chi connectivity index (χ4v) is 4.29. The van der Waals surface area contributed by atoms with Crippen LogP contribution in [0.5, 0.6) is 0 Å². The summed E-state index contributed by atoms with van der Waals surface area (Å²) in [6, 6.07) is 4.01. The van der Waals surface area contributed by atoms with Crippen molar-refractivity contribution in [1.29, 1.82) is 0 Å². The lowest BCUT2D eigenvalue weighted by molar-refractivity contribution is -0.151. The van der Waals surface area contributed by atoms with Crippen LogP contribution in [0, 0.1) is 5.92 Å². The molecular weight excluding hydrogens is 374 g/mol. The highest BCUT2D eigenvalue weighted by Gasteiger charge is 2.29. The van der Waals surface area contributed by atoms with Crippen molar-refractivity contribution < 1.29 is 14.3 Å². The Morgan fingerprint density at radius 1 is 1.46 bits per heavy atom. The number of carbonyl (C=O) groups excluding carboxylic acids is 2. The molecule has 0 aliphatic carbocycles. The maximum absolute atomic E-state index is 12.5. The first-order valence-electron chi connectivity index (χ1n) is 8.53. The number of thiophene rings is 1. The molecule has 1 fully saturated rings. The number of amides is 1. The Kier molecular flexibility index (Phi) is 6.62. The van der Waals surface area contributed by atoms with Crippen LogP contribution < -0.4 is 0 Å². The number of likely N-dealkylation sites (tertiary alicyclic amines) is 1. The van der Waals surface area contributed by atoms with E-state index in [1.54, 1.807) is 27.8 Å².